The number of benzene rings is 1. The Bertz CT molecular complexity index is 880. The molecule has 1 heterocycles. The summed E-state index contributed by atoms with van der Waals surface area (Å²) in [7, 11) is 0. The van der Waals surface area contributed by atoms with E-state index < -0.39 is 17.5 Å². The standard InChI is InChI=1S/C16H25N9O2S2/c1-8-4-9(6-22-15(8)18)11-2-3-12(28-23-7-10(26)5-17)14(29(21)27)13(11)16(19)24-25-20/h2-4,6,10,23,25-26H,5,7,17,20-21H2,1H3,(H2,18,22)(H2,19,24)/t10-,29?/m0/s1. The molecule has 0 aliphatic carbocycles. The molecular formula is C16H25N9O2S2. The number of hydrazine groups is 1. The predicted octanol–water partition coefficient (Wildman–Crippen LogP) is -1.38. The van der Waals surface area contributed by atoms with Crippen LogP contribution in [0.25, 0.3) is 11.1 Å². The van der Waals surface area contributed by atoms with Gasteiger partial charge in [0.25, 0.3) is 0 Å². The van der Waals surface area contributed by atoms with Crippen molar-refractivity contribution in [2.45, 2.75) is 22.8 Å². The number of nitrogen functional groups attached to an aromatic ring is 1. The first-order valence-electron chi connectivity index (χ1n) is 8.42. The zero-order valence-corrected chi connectivity index (χ0v) is 17.4. The van der Waals surface area contributed by atoms with Gasteiger partial charge in [0.05, 0.1) is 27.9 Å². The molecule has 11 nitrogen and oxygen atoms in total. The minimum absolute atomic E-state index is 0.00443. The molecule has 0 saturated heterocycles. The fourth-order valence-corrected chi connectivity index (χ4v) is 4.31. The van der Waals surface area contributed by atoms with Gasteiger partial charge in [0.1, 0.15) is 5.82 Å². The van der Waals surface area contributed by atoms with Crippen LogP contribution in [0.2, 0.25) is 0 Å². The van der Waals surface area contributed by atoms with E-state index in [-0.39, 0.29) is 23.8 Å². The number of pyridine rings is 1. The van der Waals surface area contributed by atoms with Gasteiger partial charge in [0.2, 0.25) is 0 Å². The number of amidine groups is 1. The smallest absolute Gasteiger partial charge is 0.200 e. The number of aliphatic hydroxyl groups excluding tert-OH is 1. The van der Waals surface area contributed by atoms with Gasteiger partial charge in [-0.2, -0.15) is 0 Å². The number of hydrogen-bond donors (Lipinski definition) is 8. The van der Waals surface area contributed by atoms with Gasteiger partial charge >= 0.3 is 0 Å². The van der Waals surface area contributed by atoms with Crippen molar-refractivity contribution in [3.8, 4) is 11.1 Å². The van der Waals surface area contributed by atoms with Crippen molar-refractivity contribution in [3.63, 3.8) is 0 Å². The fourth-order valence-electron chi connectivity index (χ4n) is 2.50. The lowest BCUT2D eigenvalue weighted by Crippen LogP contribution is -2.30. The summed E-state index contributed by atoms with van der Waals surface area (Å²) in [6.45, 7) is 2.16. The Balaban J connectivity index is 2.61. The average Bonchev–Trinajstić information content (AvgIpc) is 2.69. The maximum Gasteiger partial charge on any atom is 0.200 e. The highest BCUT2D eigenvalue weighted by Gasteiger charge is 2.26. The molecule has 1 aromatic carbocycles. The summed E-state index contributed by atoms with van der Waals surface area (Å²) in [6, 6.07) is 5.34. The van der Waals surface area contributed by atoms with Crippen LogP contribution in [0.1, 0.15) is 11.1 Å². The zero-order chi connectivity index (χ0) is 21.6. The molecule has 0 fully saturated rings. The van der Waals surface area contributed by atoms with Crippen molar-refractivity contribution in [2.24, 2.45) is 27.6 Å². The van der Waals surface area contributed by atoms with Gasteiger partial charge in [-0.25, -0.2) is 16.4 Å². The van der Waals surface area contributed by atoms with Crippen molar-refractivity contribution in [2.75, 3.05) is 18.8 Å². The predicted molar refractivity (Wildman–Crippen MR) is 116 cm³/mol. The number of aromatic nitrogens is 1. The molecule has 158 valence electrons. The summed E-state index contributed by atoms with van der Waals surface area (Å²) in [5, 5.41) is 19.2. The molecule has 0 spiro atoms. The minimum Gasteiger partial charge on any atom is -0.593 e. The first-order chi connectivity index (χ1) is 13.8. The molecule has 1 unspecified atom stereocenters. The third-order valence-corrected chi connectivity index (χ3v) is 5.79. The van der Waals surface area contributed by atoms with Gasteiger partial charge in [-0.3, -0.25) is 4.72 Å². The van der Waals surface area contributed by atoms with Crippen molar-refractivity contribution in [1.82, 2.24) is 15.2 Å². The third-order valence-electron chi connectivity index (χ3n) is 3.97. The second-order valence-electron chi connectivity index (χ2n) is 6.01. The summed E-state index contributed by atoms with van der Waals surface area (Å²) in [5.74, 6) is 5.68. The average molecular weight is 440 g/mol. The van der Waals surface area contributed by atoms with Crippen LogP contribution in [-0.2, 0) is 11.4 Å². The molecule has 2 aromatic rings. The highest BCUT2D eigenvalue weighted by Crippen LogP contribution is 2.35. The number of hydrazone groups is 1. The van der Waals surface area contributed by atoms with Gasteiger partial charge in [0.15, 0.2) is 10.7 Å². The number of nitrogens with one attached hydrogen (secondary N) is 2. The summed E-state index contributed by atoms with van der Waals surface area (Å²) >= 11 is -0.767. The molecule has 0 bridgehead atoms. The van der Waals surface area contributed by atoms with Crippen molar-refractivity contribution < 1.29 is 9.66 Å². The Morgan fingerprint density at radius 3 is 2.76 bits per heavy atom. The van der Waals surface area contributed by atoms with Gasteiger partial charge in [-0.05, 0) is 42.1 Å². The van der Waals surface area contributed by atoms with Crippen LogP contribution in [0.4, 0.5) is 5.82 Å². The first-order valence-corrected chi connectivity index (χ1v) is 10.5. The lowest BCUT2D eigenvalue weighted by molar-refractivity contribution is 0.188. The Morgan fingerprint density at radius 2 is 2.17 bits per heavy atom. The van der Waals surface area contributed by atoms with Crippen LogP contribution < -0.4 is 38.4 Å². The third kappa shape index (κ3) is 5.71. The van der Waals surface area contributed by atoms with E-state index in [1.54, 1.807) is 18.3 Å². The number of hydrogen-bond acceptors (Lipinski definition) is 11. The zero-order valence-electron chi connectivity index (χ0n) is 15.8. The van der Waals surface area contributed by atoms with Crippen LogP contribution in [0.3, 0.4) is 0 Å². The Morgan fingerprint density at radius 1 is 1.45 bits per heavy atom. The topological polar surface area (TPSA) is 223 Å². The Hall–Kier alpha value is -2.10. The van der Waals surface area contributed by atoms with Gasteiger partial charge in [-0.15, -0.1) is 10.2 Å². The SMILES string of the molecule is Cc1cc(-c2ccc(SNC[C@@H](O)CN)c([S+](N)[O-])c2/C(N)=N/NN)cnc1N. The maximum atomic E-state index is 12.4. The molecule has 0 saturated carbocycles. The monoisotopic (exact) mass is 439 g/mol. The molecule has 2 atom stereocenters. The highest BCUT2D eigenvalue weighted by atomic mass is 32.2. The quantitative estimate of drug-likeness (QED) is 0.0567. The van der Waals surface area contributed by atoms with E-state index in [0.29, 0.717) is 27.4 Å². The van der Waals surface area contributed by atoms with E-state index in [1.165, 1.54) is 0 Å². The summed E-state index contributed by atoms with van der Waals surface area (Å²) < 4.78 is 15.4. The fraction of sp³-hybridized carbons (Fsp3) is 0.250. The molecular weight excluding hydrogens is 414 g/mol. The Labute approximate surface area is 175 Å². The number of aryl methyl sites for hydroxylation is 1. The molecule has 0 aliphatic heterocycles. The van der Waals surface area contributed by atoms with E-state index in [2.05, 4.69) is 20.3 Å². The van der Waals surface area contributed by atoms with E-state index in [1.807, 2.05) is 13.0 Å². The second kappa shape index (κ2) is 10.6. The largest absolute Gasteiger partial charge is 0.593 e. The summed E-state index contributed by atoms with van der Waals surface area (Å²) in [4.78, 5) is 4.97. The number of aliphatic hydroxyl groups is 1. The number of nitrogens with two attached hydrogens (primary N) is 5. The lowest BCUT2D eigenvalue weighted by Gasteiger charge is -2.18. The molecule has 13 N–H and O–H groups in total. The van der Waals surface area contributed by atoms with E-state index in [9.17, 15) is 9.66 Å². The Kier molecular flexibility index (Phi) is 8.48. The van der Waals surface area contributed by atoms with E-state index in [0.717, 1.165) is 17.5 Å². The van der Waals surface area contributed by atoms with Crippen LogP contribution >= 0.6 is 11.9 Å². The molecule has 0 radical (unpaired) electrons. The van der Waals surface area contributed by atoms with Gasteiger partial charge in [0, 0.05) is 24.8 Å². The summed E-state index contributed by atoms with van der Waals surface area (Å²) in [5.41, 5.74) is 21.9. The minimum atomic E-state index is -1.91. The number of nitrogens with zero attached hydrogens (tertiary/aromatic N) is 2. The molecule has 0 amide bonds. The molecule has 2 rings (SSSR count). The van der Waals surface area contributed by atoms with Crippen LogP contribution in [-0.4, -0.2) is 39.7 Å². The lowest BCUT2D eigenvalue weighted by atomic mass is 9.99. The molecule has 13 heteroatoms. The summed E-state index contributed by atoms with van der Waals surface area (Å²) in [6.07, 6.45) is 0.862. The normalized spacial score (nSPS) is 13.9. The maximum absolute atomic E-state index is 12.4. The number of anilines is 1. The van der Waals surface area contributed by atoms with Crippen LogP contribution in [0.5, 0.6) is 0 Å². The molecule has 29 heavy (non-hydrogen) atoms. The van der Waals surface area contributed by atoms with Crippen molar-refractivity contribution in [1.29, 1.82) is 0 Å². The van der Waals surface area contributed by atoms with Crippen LogP contribution in [0, 0.1) is 6.92 Å². The second-order valence-corrected chi connectivity index (χ2v) is 7.94. The van der Waals surface area contributed by atoms with E-state index >= 15 is 0 Å². The van der Waals surface area contributed by atoms with Gasteiger partial charge < -0.3 is 26.9 Å². The number of rotatable bonds is 9. The van der Waals surface area contributed by atoms with Crippen molar-refractivity contribution in [3.05, 3.63) is 35.5 Å². The van der Waals surface area contributed by atoms with Gasteiger partial charge in [-0.1, -0.05) is 6.07 Å². The van der Waals surface area contributed by atoms with Crippen molar-refractivity contribution >= 4 is 35.0 Å². The highest BCUT2D eigenvalue weighted by molar-refractivity contribution is 7.98. The molecule has 1 aromatic heterocycles. The molecule has 0 aliphatic rings. The van der Waals surface area contributed by atoms with E-state index in [4.69, 9.17) is 28.2 Å². The van der Waals surface area contributed by atoms with Crippen LogP contribution in [0.15, 0.2) is 39.3 Å². The first kappa shape index (κ1) is 23.2.